The van der Waals surface area contributed by atoms with Crippen LogP contribution in [-0.4, -0.2) is 6.54 Å². The van der Waals surface area contributed by atoms with Gasteiger partial charge in [-0.25, -0.2) is 0 Å². The number of rotatable bonds is 13. The van der Waals surface area contributed by atoms with E-state index in [2.05, 4.69) is 31.2 Å². The molecule has 0 saturated carbocycles. The summed E-state index contributed by atoms with van der Waals surface area (Å²) in [6.45, 7) is 3.10. The minimum atomic E-state index is 0.852. The Hall–Kier alpha value is -0.560. The van der Waals surface area contributed by atoms with Crippen molar-refractivity contribution in [2.24, 2.45) is 5.73 Å². The van der Waals surface area contributed by atoms with Crippen LogP contribution in [0, 0.1) is 0 Å². The van der Waals surface area contributed by atoms with Crippen molar-refractivity contribution in [2.45, 2.75) is 77.6 Å². The van der Waals surface area contributed by atoms with Crippen molar-refractivity contribution in [3.05, 3.63) is 24.3 Å². The molecule has 1 heteroatoms. The second-order valence-corrected chi connectivity index (χ2v) is 5.02. The number of hydrogen-bond donors (Lipinski definition) is 1. The van der Waals surface area contributed by atoms with Crippen LogP contribution < -0.4 is 5.73 Å². The number of unbranched alkanes of at least 4 members (excludes halogenated alkanes) is 8. The van der Waals surface area contributed by atoms with Crippen LogP contribution in [0.2, 0.25) is 0 Å². The summed E-state index contributed by atoms with van der Waals surface area (Å²) in [4.78, 5) is 0. The van der Waals surface area contributed by atoms with Gasteiger partial charge in [0.1, 0.15) is 0 Å². The molecule has 18 heavy (non-hydrogen) atoms. The molecule has 0 spiro atoms. The van der Waals surface area contributed by atoms with Crippen molar-refractivity contribution in [1.29, 1.82) is 0 Å². The monoisotopic (exact) mass is 251 g/mol. The fourth-order valence-corrected chi connectivity index (χ4v) is 1.96. The maximum absolute atomic E-state index is 5.46. The summed E-state index contributed by atoms with van der Waals surface area (Å²) in [5.74, 6) is 0. The van der Waals surface area contributed by atoms with Gasteiger partial charge in [0, 0.05) is 0 Å². The van der Waals surface area contributed by atoms with Crippen molar-refractivity contribution in [2.75, 3.05) is 6.54 Å². The topological polar surface area (TPSA) is 26.0 Å². The number of hydrogen-bond acceptors (Lipinski definition) is 1. The van der Waals surface area contributed by atoms with E-state index in [1.54, 1.807) is 0 Å². The molecular formula is C17H33N. The van der Waals surface area contributed by atoms with Gasteiger partial charge >= 0.3 is 0 Å². The van der Waals surface area contributed by atoms with E-state index in [1.165, 1.54) is 64.2 Å². The van der Waals surface area contributed by atoms with E-state index in [-0.39, 0.29) is 0 Å². The zero-order valence-corrected chi connectivity index (χ0v) is 12.4. The Morgan fingerprint density at radius 3 is 1.83 bits per heavy atom. The molecule has 0 saturated heterocycles. The van der Waals surface area contributed by atoms with Crippen LogP contribution >= 0.6 is 0 Å². The fraction of sp³-hybridized carbons (Fsp3) is 0.765. The van der Waals surface area contributed by atoms with Crippen LogP contribution in [0.3, 0.4) is 0 Å². The van der Waals surface area contributed by atoms with Crippen molar-refractivity contribution in [1.82, 2.24) is 0 Å². The molecule has 0 aromatic heterocycles. The normalized spacial score (nSPS) is 11.9. The molecule has 2 N–H and O–H groups in total. The Morgan fingerprint density at radius 2 is 1.22 bits per heavy atom. The minimum Gasteiger partial charge on any atom is -0.330 e. The fourth-order valence-electron chi connectivity index (χ4n) is 1.96. The van der Waals surface area contributed by atoms with Crippen LogP contribution in [0.5, 0.6) is 0 Å². The van der Waals surface area contributed by atoms with Crippen LogP contribution in [0.15, 0.2) is 24.3 Å². The first kappa shape index (κ1) is 17.4. The Morgan fingerprint density at radius 1 is 0.667 bits per heavy atom. The van der Waals surface area contributed by atoms with Crippen molar-refractivity contribution >= 4 is 0 Å². The van der Waals surface area contributed by atoms with E-state index in [4.69, 9.17) is 5.73 Å². The molecule has 0 aliphatic rings. The minimum absolute atomic E-state index is 0.852. The highest BCUT2D eigenvalue weighted by atomic mass is 14.5. The first-order valence-electron chi connectivity index (χ1n) is 7.92. The quantitative estimate of drug-likeness (QED) is 0.346. The number of allylic oxidation sites excluding steroid dienone is 4. The molecule has 0 heterocycles. The van der Waals surface area contributed by atoms with E-state index in [9.17, 15) is 0 Å². The average molecular weight is 251 g/mol. The molecule has 0 bridgehead atoms. The lowest BCUT2D eigenvalue weighted by Gasteiger charge is -1.97. The third kappa shape index (κ3) is 15.4. The van der Waals surface area contributed by atoms with Crippen LogP contribution in [0.4, 0.5) is 0 Å². The molecule has 0 rings (SSSR count). The maximum atomic E-state index is 5.46. The van der Waals surface area contributed by atoms with E-state index in [1.807, 2.05) is 0 Å². The van der Waals surface area contributed by atoms with Gasteiger partial charge in [-0.15, -0.1) is 0 Å². The summed E-state index contributed by atoms with van der Waals surface area (Å²) in [6.07, 6.45) is 23.4. The summed E-state index contributed by atoms with van der Waals surface area (Å²) < 4.78 is 0. The Balaban J connectivity index is 3.13. The van der Waals surface area contributed by atoms with Gasteiger partial charge in [-0.2, -0.15) is 0 Å². The van der Waals surface area contributed by atoms with Gasteiger partial charge in [0.05, 0.1) is 0 Å². The molecule has 0 fully saturated rings. The van der Waals surface area contributed by atoms with Gasteiger partial charge in [0.25, 0.3) is 0 Å². The summed E-state index contributed by atoms with van der Waals surface area (Å²) in [5, 5.41) is 0. The predicted molar refractivity (Wildman–Crippen MR) is 83.8 cm³/mol. The summed E-state index contributed by atoms with van der Waals surface area (Å²) >= 11 is 0. The number of nitrogens with two attached hydrogens (primary N) is 1. The second-order valence-electron chi connectivity index (χ2n) is 5.02. The first-order chi connectivity index (χ1) is 8.91. The second kappa shape index (κ2) is 16.4. The standard InChI is InChI=1S/C17H33N/c1-2-3-4-5-6-7-8-9-10-11-12-13-14-15-16-17-18/h6-7,9-10H,2-5,8,11-18H2,1H3/b7-6-,10-9-. The summed E-state index contributed by atoms with van der Waals surface area (Å²) in [6, 6.07) is 0. The zero-order chi connectivity index (χ0) is 13.3. The van der Waals surface area contributed by atoms with Crippen LogP contribution in [0.25, 0.3) is 0 Å². The highest BCUT2D eigenvalue weighted by Gasteiger charge is 1.87. The highest BCUT2D eigenvalue weighted by molar-refractivity contribution is 4.92. The molecule has 0 aliphatic heterocycles. The molecule has 0 atom stereocenters. The van der Waals surface area contributed by atoms with E-state index in [0.717, 1.165) is 13.0 Å². The van der Waals surface area contributed by atoms with Gasteiger partial charge < -0.3 is 5.73 Å². The third-order valence-corrected chi connectivity index (χ3v) is 3.15. The third-order valence-electron chi connectivity index (χ3n) is 3.15. The van der Waals surface area contributed by atoms with Gasteiger partial charge in [-0.1, -0.05) is 63.3 Å². The Labute approximate surface area is 115 Å². The van der Waals surface area contributed by atoms with E-state index < -0.39 is 0 Å². The van der Waals surface area contributed by atoms with Gasteiger partial charge in [-0.05, 0) is 45.1 Å². The maximum Gasteiger partial charge on any atom is -0.00773 e. The van der Waals surface area contributed by atoms with Crippen molar-refractivity contribution in [3.8, 4) is 0 Å². The smallest absolute Gasteiger partial charge is 0.00773 e. The van der Waals surface area contributed by atoms with Crippen molar-refractivity contribution < 1.29 is 0 Å². The summed E-state index contributed by atoms with van der Waals surface area (Å²) in [7, 11) is 0. The Kier molecular flexibility index (Phi) is 15.9. The van der Waals surface area contributed by atoms with Gasteiger partial charge in [0.2, 0.25) is 0 Å². The highest BCUT2D eigenvalue weighted by Crippen LogP contribution is 2.05. The Bertz CT molecular complexity index is 194. The average Bonchev–Trinajstić information content (AvgIpc) is 2.39. The SMILES string of the molecule is CCCCC/C=C\C/C=C\CCCCCCCN. The molecule has 0 unspecified atom stereocenters. The zero-order valence-electron chi connectivity index (χ0n) is 12.4. The molecule has 0 amide bonds. The molecule has 0 aliphatic carbocycles. The van der Waals surface area contributed by atoms with Gasteiger partial charge in [0.15, 0.2) is 0 Å². The lowest BCUT2D eigenvalue weighted by molar-refractivity contribution is 0.622. The van der Waals surface area contributed by atoms with Crippen LogP contribution in [-0.2, 0) is 0 Å². The largest absolute Gasteiger partial charge is 0.330 e. The molecule has 106 valence electrons. The van der Waals surface area contributed by atoms with Crippen LogP contribution in [0.1, 0.15) is 77.6 Å². The molecular weight excluding hydrogens is 218 g/mol. The molecule has 0 aromatic rings. The lowest BCUT2D eigenvalue weighted by Crippen LogP contribution is -1.97. The first-order valence-corrected chi connectivity index (χ1v) is 7.92. The predicted octanol–water partition coefficient (Wildman–Crippen LogP) is 5.37. The van der Waals surface area contributed by atoms with Gasteiger partial charge in [-0.3, -0.25) is 0 Å². The molecule has 0 aromatic carbocycles. The van der Waals surface area contributed by atoms with Crippen molar-refractivity contribution in [3.63, 3.8) is 0 Å². The molecule has 0 radical (unpaired) electrons. The van der Waals surface area contributed by atoms with E-state index in [0.29, 0.717) is 0 Å². The van der Waals surface area contributed by atoms with E-state index >= 15 is 0 Å². The summed E-state index contributed by atoms with van der Waals surface area (Å²) in [5.41, 5.74) is 5.46. The lowest BCUT2D eigenvalue weighted by atomic mass is 10.1. The molecule has 1 nitrogen and oxygen atoms in total.